The summed E-state index contributed by atoms with van der Waals surface area (Å²) in [5, 5.41) is 3.40. The van der Waals surface area contributed by atoms with Gasteiger partial charge in [-0.2, -0.15) is 0 Å². The molecule has 0 bridgehead atoms. The quantitative estimate of drug-likeness (QED) is 0.371. The van der Waals surface area contributed by atoms with E-state index in [1.807, 2.05) is 31.2 Å². The maximum atomic E-state index is 12.3. The molecule has 0 aliphatic heterocycles. The van der Waals surface area contributed by atoms with Gasteiger partial charge < -0.3 is 14.8 Å². The smallest absolute Gasteiger partial charge is 0.262 e. The zero-order chi connectivity index (χ0) is 22.2. The third-order valence-corrected chi connectivity index (χ3v) is 4.77. The van der Waals surface area contributed by atoms with E-state index in [2.05, 4.69) is 5.32 Å². The van der Waals surface area contributed by atoms with Gasteiger partial charge in [0.05, 0.1) is 7.11 Å². The molecule has 0 aliphatic rings. The van der Waals surface area contributed by atoms with Gasteiger partial charge in [-0.05, 0) is 66.6 Å². The Bertz CT molecular complexity index is 1110. The van der Waals surface area contributed by atoms with Crippen LogP contribution in [0.5, 0.6) is 11.5 Å². The SMILES string of the molecule is COc1cc(/C=C/C(=O)c2ccc(Cl)cc2)ccc1OCC(=O)Nc1ccccc1C. The Hall–Kier alpha value is -3.57. The average molecular weight is 436 g/mol. The van der Waals surface area contributed by atoms with Gasteiger partial charge in [0.15, 0.2) is 23.9 Å². The first-order chi connectivity index (χ1) is 15.0. The number of para-hydroxylation sites is 1. The van der Waals surface area contributed by atoms with Crippen LogP contribution in [0.1, 0.15) is 21.5 Å². The third-order valence-electron chi connectivity index (χ3n) is 4.52. The lowest BCUT2D eigenvalue weighted by molar-refractivity contribution is -0.118. The second-order valence-corrected chi connectivity index (χ2v) is 7.20. The fraction of sp³-hybridized carbons (Fsp3) is 0.120. The number of carbonyl (C=O) groups is 2. The lowest BCUT2D eigenvalue weighted by Gasteiger charge is -2.12. The molecule has 6 heteroatoms. The largest absolute Gasteiger partial charge is 0.493 e. The molecule has 0 unspecified atom stereocenters. The first-order valence-corrected chi connectivity index (χ1v) is 9.98. The summed E-state index contributed by atoms with van der Waals surface area (Å²) in [6, 6.07) is 19.4. The summed E-state index contributed by atoms with van der Waals surface area (Å²) in [6.45, 7) is 1.76. The Balaban J connectivity index is 1.62. The van der Waals surface area contributed by atoms with Crippen LogP contribution in [0.2, 0.25) is 5.02 Å². The lowest BCUT2D eigenvalue weighted by Crippen LogP contribution is -2.20. The maximum absolute atomic E-state index is 12.3. The topological polar surface area (TPSA) is 64.6 Å². The number of aryl methyl sites for hydroxylation is 1. The summed E-state index contributed by atoms with van der Waals surface area (Å²) < 4.78 is 11.0. The predicted molar refractivity (Wildman–Crippen MR) is 123 cm³/mol. The molecule has 0 saturated carbocycles. The molecule has 0 aliphatic carbocycles. The van der Waals surface area contributed by atoms with Gasteiger partial charge in [-0.3, -0.25) is 9.59 Å². The number of ether oxygens (including phenoxy) is 2. The molecule has 0 aromatic heterocycles. The van der Waals surface area contributed by atoms with Crippen molar-refractivity contribution < 1.29 is 19.1 Å². The number of anilines is 1. The molecule has 0 fully saturated rings. The summed E-state index contributed by atoms with van der Waals surface area (Å²) in [4.78, 5) is 24.5. The van der Waals surface area contributed by atoms with Crippen molar-refractivity contribution in [2.75, 3.05) is 19.0 Å². The van der Waals surface area contributed by atoms with Crippen molar-refractivity contribution in [2.45, 2.75) is 6.92 Å². The molecule has 3 aromatic carbocycles. The van der Waals surface area contributed by atoms with Crippen LogP contribution in [0.4, 0.5) is 5.69 Å². The molecule has 3 aromatic rings. The normalized spacial score (nSPS) is 10.7. The van der Waals surface area contributed by atoms with Gasteiger partial charge in [0.25, 0.3) is 5.91 Å². The fourth-order valence-corrected chi connectivity index (χ4v) is 2.96. The Kier molecular flexibility index (Phi) is 7.46. The van der Waals surface area contributed by atoms with Gasteiger partial charge in [-0.25, -0.2) is 0 Å². The number of rotatable bonds is 8. The van der Waals surface area contributed by atoms with Crippen LogP contribution in [0.15, 0.2) is 72.8 Å². The monoisotopic (exact) mass is 435 g/mol. The van der Waals surface area contributed by atoms with Crippen molar-refractivity contribution in [1.82, 2.24) is 0 Å². The number of ketones is 1. The minimum absolute atomic E-state index is 0.135. The van der Waals surface area contributed by atoms with E-state index in [9.17, 15) is 9.59 Å². The van der Waals surface area contributed by atoms with Gasteiger partial charge in [0.1, 0.15) is 0 Å². The van der Waals surface area contributed by atoms with Crippen molar-refractivity contribution in [2.24, 2.45) is 0 Å². The number of allylic oxidation sites excluding steroid dienone is 1. The van der Waals surface area contributed by atoms with Crippen molar-refractivity contribution in [3.05, 3.63) is 94.5 Å². The molecule has 1 amide bonds. The summed E-state index contributed by atoms with van der Waals surface area (Å²) >= 11 is 5.85. The highest BCUT2D eigenvalue weighted by atomic mass is 35.5. The molecule has 3 rings (SSSR count). The molecule has 0 atom stereocenters. The lowest BCUT2D eigenvalue weighted by atomic mass is 10.1. The number of nitrogens with one attached hydrogen (secondary N) is 1. The van der Waals surface area contributed by atoms with E-state index in [0.29, 0.717) is 22.1 Å². The number of methoxy groups -OCH3 is 1. The van der Waals surface area contributed by atoms with Gasteiger partial charge >= 0.3 is 0 Å². The molecule has 0 heterocycles. The molecule has 1 N–H and O–H groups in total. The summed E-state index contributed by atoms with van der Waals surface area (Å²) in [6.07, 6.45) is 3.17. The van der Waals surface area contributed by atoms with Crippen LogP contribution < -0.4 is 14.8 Å². The molecule has 5 nitrogen and oxygen atoms in total. The van der Waals surface area contributed by atoms with Gasteiger partial charge in [0.2, 0.25) is 0 Å². The summed E-state index contributed by atoms with van der Waals surface area (Å²) in [5.74, 6) is 0.492. The molecule has 0 spiro atoms. The molecule has 0 radical (unpaired) electrons. The number of carbonyl (C=O) groups excluding carboxylic acids is 2. The second-order valence-electron chi connectivity index (χ2n) is 6.77. The minimum Gasteiger partial charge on any atom is -0.493 e. The van der Waals surface area contributed by atoms with Crippen molar-refractivity contribution in [3.8, 4) is 11.5 Å². The van der Waals surface area contributed by atoms with E-state index in [0.717, 1.165) is 16.8 Å². The number of halogens is 1. The highest BCUT2D eigenvalue weighted by molar-refractivity contribution is 6.30. The number of amides is 1. The van der Waals surface area contributed by atoms with Crippen LogP contribution in [-0.2, 0) is 4.79 Å². The van der Waals surface area contributed by atoms with E-state index >= 15 is 0 Å². The predicted octanol–water partition coefficient (Wildman–Crippen LogP) is 5.57. The minimum atomic E-state index is -0.270. The Labute approximate surface area is 186 Å². The van der Waals surface area contributed by atoms with Crippen LogP contribution in [-0.4, -0.2) is 25.4 Å². The van der Waals surface area contributed by atoms with Crippen molar-refractivity contribution in [3.63, 3.8) is 0 Å². The Morgan fingerprint density at radius 1 is 1.00 bits per heavy atom. The van der Waals surface area contributed by atoms with Crippen molar-refractivity contribution in [1.29, 1.82) is 0 Å². The fourth-order valence-electron chi connectivity index (χ4n) is 2.83. The van der Waals surface area contributed by atoms with Crippen LogP contribution in [0.3, 0.4) is 0 Å². The zero-order valence-corrected chi connectivity index (χ0v) is 18.0. The first kappa shape index (κ1) is 22.1. The molecular formula is C25H22ClNO4. The Morgan fingerprint density at radius 3 is 2.45 bits per heavy atom. The van der Waals surface area contributed by atoms with Gasteiger partial charge in [-0.1, -0.05) is 41.9 Å². The molecular weight excluding hydrogens is 414 g/mol. The zero-order valence-electron chi connectivity index (χ0n) is 17.2. The van der Waals surface area contributed by atoms with E-state index < -0.39 is 0 Å². The Morgan fingerprint density at radius 2 is 1.74 bits per heavy atom. The maximum Gasteiger partial charge on any atom is 0.262 e. The second kappa shape index (κ2) is 10.5. The number of benzene rings is 3. The van der Waals surface area contributed by atoms with E-state index in [-0.39, 0.29) is 18.3 Å². The van der Waals surface area contributed by atoms with E-state index in [4.69, 9.17) is 21.1 Å². The molecule has 158 valence electrons. The first-order valence-electron chi connectivity index (χ1n) is 9.60. The molecule has 31 heavy (non-hydrogen) atoms. The average Bonchev–Trinajstić information content (AvgIpc) is 2.78. The summed E-state index contributed by atoms with van der Waals surface area (Å²) in [5.41, 5.74) is 3.02. The highest BCUT2D eigenvalue weighted by Crippen LogP contribution is 2.28. The van der Waals surface area contributed by atoms with Gasteiger partial charge in [-0.15, -0.1) is 0 Å². The number of hydrogen-bond acceptors (Lipinski definition) is 4. The third kappa shape index (κ3) is 6.20. The van der Waals surface area contributed by atoms with E-state index in [1.165, 1.54) is 13.2 Å². The van der Waals surface area contributed by atoms with Gasteiger partial charge in [0, 0.05) is 16.3 Å². The number of hydrogen-bond donors (Lipinski definition) is 1. The summed E-state index contributed by atoms with van der Waals surface area (Å²) in [7, 11) is 1.52. The molecule has 0 saturated heterocycles. The van der Waals surface area contributed by atoms with Crippen LogP contribution >= 0.6 is 11.6 Å². The van der Waals surface area contributed by atoms with Crippen LogP contribution in [0, 0.1) is 6.92 Å². The van der Waals surface area contributed by atoms with Crippen molar-refractivity contribution >= 4 is 35.1 Å². The van der Waals surface area contributed by atoms with Crippen LogP contribution in [0.25, 0.3) is 6.08 Å². The standard InChI is InChI=1S/C25H22ClNO4/c1-17-5-3-4-6-21(17)27-25(29)16-31-23-14-8-18(15-24(23)30-2)7-13-22(28)19-9-11-20(26)12-10-19/h3-15H,16H2,1-2H3,(H,27,29)/b13-7+. The highest BCUT2D eigenvalue weighted by Gasteiger charge is 2.10. The van der Waals surface area contributed by atoms with E-state index in [1.54, 1.807) is 48.5 Å².